The van der Waals surface area contributed by atoms with Crippen molar-refractivity contribution in [1.29, 1.82) is 0 Å². The summed E-state index contributed by atoms with van der Waals surface area (Å²) in [7, 11) is 0. The first-order valence-electron chi connectivity index (χ1n) is 10.0. The fourth-order valence-electron chi connectivity index (χ4n) is 4.03. The van der Waals surface area contributed by atoms with E-state index in [2.05, 4.69) is 36.9 Å². The van der Waals surface area contributed by atoms with Crippen molar-refractivity contribution in [2.75, 3.05) is 50.8 Å². The SMILES string of the molecule is CCOC(=O)N1CCC(C(=O)N2CCN(c3cccc(C)c3C)CC2)CC1. The molecule has 0 radical (unpaired) electrons. The first-order chi connectivity index (χ1) is 13.0. The van der Waals surface area contributed by atoms with Gasteiger partial charge in [0.25, 0.3) is 0 Å². The molecular weight excluding hydrogens is 342 g/mol. The molecule has 0 aliphatic carbocycles. The number of ether oxygens (including phenoxy) is 1. The van der Waals surface area contributed by atoms with Gasteiger partial charge in [-0.15, -0.1) is 0 Å². The summed E-state index contributed by atoms with van der Waals surface area (Å²) in [5, 5.41) is 0. The molecule has 0 aromatic heterocycles. The Labute approximate surface area is 162 Å². The Kier molecular flexibility index (Phi) is 6.24. The molecular formula is C21H31N3O3. The van der Waals surface area contributed by atoms with E-state index in [1.807, 2.05) is 11.8 Å². The largest absolute Gasteiger partial charge is 0.450 e. The highest BCUT2D eigenvalue weighted by molar-refractivity contribution is 5.79. The van der Waals surface area contributed by atoms with Gasteiger partial charge in [0.05, 0.1) is 6.61 Å². The summed E-state index contributed by atoms with van der Waals surface area (Å²) < 4.78 is 5.05. The van der Waals surface area contributed by atoms with Gasteiger partial charge in [0.2, 0.25) is 5.91 Å². The highest BCUT2D eigenvalue weighted by Crippen LogP contribution is 2.25. The number of likely N-dealkylation sites (tertiary alicyclic amines) is 1. The topological polar surface area (TPSA) is 53.1 Å². The standard InChI is InChI=1S/C21H31N3O3/c1-4-27-21(26)24-10-8-18(9-11-24)20(25)23-14-12-22(13-15-23)19-7-5-6-16(2)17(19)3/h5-7,18H,4,8-15H2,1-3H3. The van der Waals surface area contributed by atoms with Crippen molar-refractivity contribution in [2.24, 2.45) is 5.92 Å². The van der Waals surface area contributed by atoms with E-state index in [0.29, 0.717) is 19.7 Å². The average Bonchev–Trinajstić information content (AvgIpc) is 2.70. The molecule has 3 rings (SSSR count). The number of hydrogen-bond donors (Lipinski definition) is 0. The van der Waals surface area contributed by atoms with Crippen LogP contribution in [-0.4, -0.2) is 67.7 Å². The molecule has 0 unspecified atom stereocenters. The molecule has 1 aromatic carbocycles. The molecule has 6 heteroatoms. The number of aryl methyl sites for hydroxylation is 1. The fourth-order valence-corrected chi connectivity index (χ4v) is 4.03. The van der Waals surface area contributed by atoms with Gasteiger partial charge >= 0.3 is 6.09 Å². The summed E-state index contributed by atoms with van der Waals surface area (Å²) in [5.74, 6) is 0.280. The monoisotopic (exact) mass is 373 g/mol. The minimum atomic E-state index is -0.259. The van der Waals surface area contributed by atoms with E-state index >= 15 is 0 Å². The number of benzene rings is 1. The Hall–Kier alpha value is -2.24. The van der Waals surface area contributed by atoms with Crippen LogP contribution in [0, 0.1) is 19.8 Å². The van der Waals surface area contributed by atoms with Crippen molar-refractivity contribution in [3.05, 3.63) is 29.3 Å². The first kappa shape index (κ1) is 19.5. The van der Waals surface area contributed by atoms with Gasteiger partial charge in [-0.2, -0.15) is 0 Å². The van der Waals surface area contributed by atoms with Gasteiger partial charge in [0.15, 0.2) is 0 Å². The summed E-state index contributed by atoms with van der Waals surface area (Å²) in [6.45, 7) is 11.0. The van der Waals surface area contributed by atoms with Crippen LogP contribution in [-0.2, 0) is 9.53 Å². The number of piperidine rings is 1. The van der Waals surface area contributed by atoms with Crippen molar-refractivity contribution < 1.29 is 14.3 Å². The molecule has 0 bridgehead atoms. The van der Waals surface area contributed by atoms with E-state index < -0.39 is 0 Å². The number of amides is 2. The van der Waals surface area contributed by atoms with Crippen LogP contribution in [0.2, 0.25) is 0 Å². The highest BCUT2D eigenvalue weighted by Gasteiger charge is 2.32. The lowest BCUT2D eigenvalue weighted by atomic mass is 9.95. The Morgan fingerprint density at radius 1 is 1.00 bits per heavy atom. The van der Waals surface area contributed by atoms with Gasteiger partial charge in [-0.3, -0.25) is 4.79 Å². The predicted molar refractivity (Wildman–Crippen MR) is 106 cm³/mol. The summed E-state index contributed by atoms with van der Waals surface area (Å²) in [6, 6.07) is 6.42. The second kappa shape index (κ2) is 8.63. The molecule has 2 amide bonds. The molecule has 2 aliphatic rings. The molecule has 148 valence electrons. The molecule has 2 fully saturated rings. The van der Waals surface area contributed by atoms with Crippen LogP contribution in [0.5, 0.6) is 0 Å². The zero-order chi connectivity index (χ0) is 19.4. The molecule has 0 spiro atoms. The number of nitrogens with zero attached hydrogens (tertiary/aromatic N) is 3. The third-order valence-corrected chi connectivity index (χ3v) is 5.88. The van der Waals surface area contributed by atoms with Crippen molar-refractivity contribution in [1.82, 2.24) is 9.80 Å². The van der Waals surface area contributed by atoms with E-state index in [9.17, 15) is 9.59 Å². The molecule has 2 saturated heterocycles. The summed E-state index contributed by atoms with van der Waals surface area (Å²) >= 11 is 0. The van der Waals surface area contributed by atoms with E-state index in [1.54, 1.807) is 4.90 Å². The Balaban J connectivity index is 1.51. The number of rotatable bonds is 3. The van der Waals surface area contributed by atoms with E-state index in [0.717, 1.165) is 39.0 Å². The maximum Gasteiger partial charge on any atom is 0.409 e. The number of carbonyl (C=O) groups excluding carboxylic acids is 2. The van der Waals surface area contributed by atoms with Crippen LogP contribution in [0.25, 0.3) is 0 Å². The van der Waals surface area contributed by atoms with Crippen LogP contribution in [0.15, 0.2) is 18.2 Å². The van der Waals surface area contributed by atoms with Gasteiger partial charge < -0.3 is 19.4 Å². The van der Waals surface area contributed by atoms with Gasteiger partial charge in [-0.25, -0.2) is 4.79 Å². The van der Waals surface area contributed by atoms with Crippen LogP contribution < -0.4 is 4.90 Å². The average molecular weight is 373 g/mol. The van der Waals surface area contributed by atoms with Gasteiger partial charge in [-0.1, -0.05) is 12.1 Å². The smallest absolute Gasteiger partial charge is 0.409 e. The number of piperazine rings is 1. The normalized spacial score (nSPS) is 18.6. The van der Waals surface area contributed by atoms with Gasteiger partial charge in [-0.05, 0) is 50.8 Å². The quantitative estimate of drug-likeness (QED) is 0.818. The van der Waals surface area contributed by atoms with Crippen molar-refractivity contribution in [2.45, 2.75) is 33.6 Å². The molecule has 2 heterocycles. The third-order valence-electron chi connectivity index (χ3n) is 5.88. The molecule has 0 N–H and O–H groups in total. The maximum absolute atomic E-state index is 12.9. The van der Waals surface area contributed by atoms with Gasteiger partial charge in [0, 0.05) is 50.9 Å². The third kappa shape index (κ3) is 4.37. The molecule has 0 saturated carbocycles. The van der Waals surface area contributed by atoms with Crippen molar-refractivity contribution in [3.63, 3.8) is 0 Å². The Bertz CT molecular complexity index is 675. The minimum Gasteiger partial charge on any atom is -0.450 e. The molecule has 2 aliphatic heterocycles. The Morgan fingerprint density at radius 2 is 1.67 bits per heavy atom. The van der Waals surface area contributed by atoms with Crippen LogP contribution in [0.4, 0.5) is 10.5 Å². The number of anilines is 1. The van der Waals surface area contributed by atoms with Crippen molar-refractivity contribution in [3.8, 4) is 0 Å². The molecule has 27 heavy (non-hydrogen) atoms. The zero-order valence-electron chi connectivity index (χ0n) is 16.7. The second-order valence-electron chi connectivity index (χ2n) is 7.49. The molecule has 6 nitrogen and oxygen atoms in total. The molecule has 0 atom stereocenters. The fraction of sp³-hybridized carbons (Fsp3) is 0.619. The van der Waals surface area contributed by atoms with Crippen molar-refractivity contribution >= 4 is 17.7 Å². The van der Waals surface area contributed by atoms with Crippen LogP contribution in [0.3, 0.4) is 0 Å². The number of carbonyl (C=O) groups is 2. The number of hydrogen-bond acceptors (Lipinski definition) is 4. The second-order valence-corrected chi connectivity index (χ2v) is 7.49. The summed E-state index contributed by atoms with van der Waals surface area (Å²) in [5.41, 5.74) is 3.91. The molecule has 1 aromatic rings. The lowest BCUT2D eigenvalue weighted by Gasteiger charge is -2.39. The van der Waals surface area contributed by atoms with Gasteiger partial charge in [0.1, 0.15) is 0 Å². The predicted octanol–water partition coefficient (Wildman–Crippen LogP) is 2.82. The summed E-state index contributed by atoms with van der Waals surface area (Å²) in [6.07, 6.45) is 1.20. The highest BCUT2D eigenvalue weighted by atomic mass is 16.6. The summed E-state index contributed by atoms with van der Waals surface area (Å²) in [4.78, 5) is 30.8. The van der Waals surface area contributed by atoms with E-state index in [1.165, 1.54) is 16.8 Å². The Morgan fingerprint density at radius 3 is 2.30 bits per heavy atom. The first-order valence-corrected chi connectivity index (χ1v) is 10.0. The minimum absolute atomic E-state index is 0.0305. The lowest BCUT2D eigenvalue weighted by molar-refractivity contribution is -0.137. The van der Waals surface area contributed by atoms with Crippen LogP contribution >= 0.6 is 0 Å². The van der Waals surface area contributed by atoms with E-state index in [-0.39, 0.29) is 17.9 Å². The lowest BCUT2D eigenvalue weighted by Crippen LogP contribution is -2.52. The maximum atomic E-state index is 12.9. The van der Waals surface area contributed by atoms with E-state index in [4.69, 9.17) is 4.74 Å². The zero-order valence-corrected chi connectivity index (χ0v) is 16.7. The van der Waals surface area contributed by atoms with Crippen LogP contribution in [0.1, 0.15) is 30.9 Å².